The number of aromatic hydroxyl groups is 1. The third-order valence-electron chi connectivity index (χ3n) is 3.71. The second-order valence-corrected chi connectivity index (χ2v) is 5.40. The van der Waals surface area contributed by atoms with Gasteiger partial charge in [-0.2, -0.15) is 0 Å². The molecule has 0 unspecified atom stereocenters. The lowest BCUT2D eigenvalue weighted by molar-refractivity contribution is -0.118. The maximum absolute atomic E-state index is 12.2. The van der Waals surface area contributed by atoms with Crippen molar-refractivity contribution < 1.29 is 33.7 Å². The number of benzene rings is 2. The van der Waals surface area contributed by atoms with E-state index in [1.807, 2.05) is 0 Å². The SMILES string of the molecule is COc1cccc(C(=O)OCC(=O)c2ccc3c(c2)NC(=O)CO3)c1O. The molecule has 1 aliphatic heterocycles. The molecule has 3 rings (SSSR count). The van der Waals surface area contributed by atoms with Crippen molar-refractivity contribution in [2.45, 2.75) is 0 Å². The summed E-state index contributed by atoms with van der Waals surface area (Å²) in [5.74, 6) is -1.42. The fourth-order valence-corrected chi connectivity index (χ4v) is 2.40. The van der Waals surface area contributed by atoms with E-state index in [1.54, 1.807) is 6.07 Å². The number of amides is 1. The minimum Gasteiger partial charge on any atom is -0.504 e. The largest absolute Gasteiger partial charge is 0.504 e. The quantitative estimate of drug-likeness (QED) is 0.620. The number of ether oxygens (including phenoxy) is 3. The van der Waals surface area contributed by atoms with Gasteiger partial charge in [0.15, 0.2) is 30.5 Å². The third-order valence-corrected chi connectivity index (χ3v) is 3.71. The number of hydrogen-bond donors (Lipinski definition) is 2. The number of nitrogens with one attached hydrogen (secondary N) is 1. The van der Waals surface area contributed by atoms with Crippen LogP contribution >= 0.6 is 0 Å². The first kappa shape index (κ1) is 17.3. The van der Waals surface area contributed by atoms with Crippen molar-refractivity contribution in [3.63, 3.8) is 0 Å². The molecular weight excluding hydrogens is 342 g/mol. The van der Waals surface area contributed by atoms with Crippen molar-refractivity contribution in [3.05, 3.63) is 47.5 Å². The molecule has 8 heteroatoms. The fourth-order valence-electron chi connectivity index (χ4n) is 2.40. The second-order valence-electron chi connectivity index (χ2n) is 5.40. The molecule has 2 aromatic rings. The van der Waals surface area contributed by atoms with E-state index < -0.39 is 18.4 Å². The summed E-state index contributed by atoms with van der Waals surface area (Å²) in [5, 5.41) is 12.5. The molecule has 26 heavy (non-hydrogen) atoms. The minimum atomic E-state index is -0.857. The van der Waals surface area contributed by atoms with Crippen LogP contribution in [-0.4, -0.2) is 43.1 Å². The molecule has 134 valence electrons. The second kappa shape index (κ2) is 7.14. The Bertz CT molecular complexity index is 891. The van der Waals surface area contributed by atoms with Crippen molar-refractivity contribution >= 4 is 23.3 Å². The Labute approximate surface area is 148 Å². The van der Waals surface area contributed by atoms with E-state index >= 15 is 0 Å². The Morgan fingerprint density at radius 2 is 2.08 bits per heavy atom. The number of fused-ring (bicyclic) bond motifs is 1. The van der Waals surface area contributed by atoms with E-state index in [-0.39, 0.29) is 35.1 Å². The molecule has 0 radical (unpaired) electrons. The van der Waals surface area contributed by atoms with Crippen molar-refractivity contribution in [1.82, 2.24) is 0 Å². The number of methoxy groups -OCH3 is 1. The summed E-state index contributed by atoms with van der Waals surface area (Å²) in [6, 6.07) is 8.87. The maximum atomic E-state index is 12.2. The number of phenols is 1. The van der Waals surface area contributed by atoms with Crippen LogP contribution < -0.4 is 14.8 Å². The van der Waals surface area contributed by atoms with E-state index in [0.29, 0.717) is 11.4 Å². The molecule has 2 aromatic carbocycles. The van der Waals surface area contributed by atoms with E-state index in [2.05, 4.69) is 5.32 Å². The number of carbonyl (C=O) groups is 3. The number of para-hydroxylation sites is 1. The zero-order valence-electron chi connectivity index (χ0n) is 13.8. The third kappa shape index (κ3) is 3.44. The van der Waals surface area contributed by atoms with Gasteiger partial charge in [0.25, 0.3) is 5.91 Å². The number of esters is 1. The van der Waals surface area contributed by atoms with Crippen LogP contribution in [-0.2, 0) is 9.53 Å². The highest BCUT2D eigenvalue weighted by molar-refractivity contribution is 6.02. The van der Waals surface area contributed by atoms with Crippen molar-refractivity contribution in [2.75, 3.05) is 25.6 Å². The van der Waals surface area contributed by atoms with E-state index in [1.165, 1.54) is 37.4 Å². The van der Waals surface area contributed by atoms with Crippen LogP contribution in [0.25, 0.3) is 0 Å². The fraction of sp³-hybridized carbons (Fsp3) is 0.167. The minimum absolute atomic E-state index is 0.0814. The van der Waals surface area contributed by atoms with Crippen LogP contribution in [0.1, 0.15) is 20.7 Å². The average molecular weight is 357 g/mol. The smallest absolute Gasteiger partial charge is 0.342 e. The van der Waals surface area contributed by atoms with Gasteiger partial charge in [-0.25, -0.2) is 4.79 Å². The van der Waals surface area contributed by atoms with Crippen LogP contribution in [0, 0.1) is 0 Å². The van der Waals surface area contributed by atoms with Crippen LogP contribution in [0.4, 0.5) is 5.69 Å². The van der Waals surface area contributed by atoms with Crippen LogP contribution in [0.2, 0.25) is 0 Å². The first-order valence-corrected chi connectivity index (χ1v) is 7.62. The zero-order chi connectivity index (χ0) is 18.7. The van der Waals surface area contributed by atoms with Crippen LogP contribution in [0.3, 0.4) is 0 Å². The molecule has 0 atom stereocenters. The Balaban J connectivity index is 1.68. The first-order valence-electron chi connectivity index (χ1n) is 7.62. The maximum Gasteiger partial charge on any atom is 0.342 e. The van der Waals surface area contributed by atoms with E-state index in [0.717, 1.165) is 0 Å². The summed E-state index contributed by atoms with van der Waals surface area (Å²) in [7, 11) is 1.35. The lowest BCUT2D eigenvalue weighted by Gasteiger charge is -2.18. The number of rotatable bonds is 5. The Morgan fingerprint density at radius 3 is 2.85 bits per heavy atom. The van der Waals surface area contributed by atoms with Gasteiger partial charge < -0.3 is 24.6 Å². The van der Waals surface area contributed by atoms with Gasteiger partial charge >= 0.3 is 5.97 Å². The van der Waals surface area contributed by atoms with Gasteiger partial charge in [-0.1, -0.05) is 6.07 Å². The predicted octanol–water partition coefficient (Wildman–Crippen LogP) is 1.77. The Kier molecular flexibility index (Phi) is 4.74. The molecule has 8 nitrogen and oxygen atoms in total. The molecule has 2 N–H and O–H groups in total. The van der Waals surface area contributed by atoms with Gasteiger partial charge in [0.1, 0.15) is 11.3 Å². The molecule has 1 heterocycles. The highest BCUT2D eigenvalue weighted by Gasteiger charge is 2.20. The van der Waals surface area contributed by atoms with Crippen molar-refractivity contribution in [1.29, 1.82) is 0 Å². The standard InChI is InChI=1S/C18H15NO7/c1-24-15-4-2-3-11(17(15)22)18(23)26-8-13(20)10-5-6-14-12(7-10)19-16(21)9-25-14/h2-7,22H,8-9H2,1H3,(H,19,21). The number of anilines is 1. The van der Waals surface area contributed by atoms with Gasteiger partial charge in [-0.3, -0.25) is 9.59 Å². The number of ketones is 1. The molecule has 0 aliphatic carbocycles. The van der Waals surface area contributed by atoms with Crippen LogP contribution in [0.5, 0.6) is 17.2 Å². The molecule has 1 amide bonds. The van der Waals surface area contributed by atoms with Crippen LogP contribution in [0.15, 0.2) is 36.4 Å². The molecule has 0 spiro atoms. The van der Waals surface area contributed by atoms with Gasteiger partial charge in [0.05, 0.1) is 12.8 Å². The normalized spacial score (nSPS) is 12.4. The Morgan fingerprint density at radius 1 is 1.27 bits per heavy atom. The van der Waals surface area contributed by atoms with Gasteiger partial charge in [0.2, 0.25) is 0 Å². The molecule has 0 saturated carbocycles. The summed E-state index contributed by atoms with van der Waals surface area (Å²) in [6.45, 7) is -0.606. The first-order chi connectivity index (χ1) is 12.5. The lowest BCUT2D eigenvalue weighted by Crippen LogP contribution is -2.25. The predicted molar refractivity (Wildman–Crippen MR) is 89.8 cm³/mol. The number of hydrogen-bond acceptors (Lipinski definition) is 7. The van der Waals surface area contributed by atoms with Gasteiger partial charge in [-0.05, 0) is 30.3 Å². The number of carbonyl (C=O) groups excluding carboxylic acids is 3. The number of phenolic OH excluding ortho intramolecular Hbond substituents is 1. The number of Topliss-reactive ketones (excluding diaryl/α,β-unsaturated/α-hetero) is 1. The lowest BCUT2D eigenvalue weighted by atomic mass is 10.1. The molecule has 0 bridgehead atoms. The summed E-state index contributed by atoms with van der Waals surface area (Å²) in [5.41, 5.74) is 0.518. The monoisotopic (exact) mass is 357 g/mol. The summed E-state index contributed by atoms with van der Waals surface area (Å²) >= 11 is 0. The summed E-state index contributed by atoms with van der Waals surface area (Å²) in [6.07, 6.45) is 0. The van der Waals surface area contributed by atoms with Gasteiger partial charge in [-0.15, -0.1) is 0 Å². The van der Waals surface area contributed by atoms with Crippen molar-refractivity contribution in [2.24, 2.45) is 0 Å². The van der Waals surface area contributed by atoms with Crippen molar-refractivity contribution in [3.8, 4) is 17.2 Å². The molecule has 0 fully saturated rings. The molecule has 0 saturated heterocycles. The highest BCUT2D eigenvalue weighted by Crippen LogP contribution is 2.30. The molecular formula is C18H15NO7. The van der Waals surface area contributed by atoms with Gasteiger partial charge in [0, 0.05) is 5.56 Å². The molecule has 0 aromatic heterocycles. The van der Waals surface area contributed by atoms with E-state index in [4.69, 9.17) is 14.2 Å². The Hall–Kier alpha value is -3.55. The summed E-state index contributed by atoms with van der Waals surface area (Å²) in [4.78, 5) is 35.7. The topological polar surface area (TPSA) is 111 Å². The van der Waals surface area contributed by atoms with E-state index in [9.17, 15) is 19.5 Å². The average Bonchev–Trinajstić information content (AvgIpc) is 2.65. The summed E-state index contributed by atoms with van der Waals surface area (Å²) < 4.78 is 15.1. The highest BCUT2D eigenvalue weighted by atomic mass is 16.5. The zero-order valence-corrected chi connectivity index (χ0v) is 13.8. The molecule has 1 aliphatic rings.